The van der Waals surface area contributed by atoms with Crippen LogP contribution in [-0.4, -0.2) is 52.8 Å². The maximum absolute atomic E-state index is 13.0. The van der Waals surface area contributed by atoms with Crippen molar-refractivity contribution in [1.29, 1.82) is 0 Å². The number of furan rings is 1. The summed E-state index contributed by atoms with van der Waals surface area (Å²) in [6.45, 7) is 3.74. The Balaban J connectivity index is 1.36. The smallest absolute Gasteiger partial charge is 0.273 e. The van der Waals surface area contributed by atoms with Crippen LogP contribution in [0.3, 0.4) is 0 Å². The quantitative estimate of drug-likeness (QED) is 0.658. The number of amides is 2. The van der Waals surface area contributed by atoms with Crippen molar-refractivity contribution in [1.82, 2.24) is 14.8 Å². The topological polar surface area (TPSA) is 66.7 Å². The highest BCUT2D eigenvalue weighted by atomic mass is 32.1. The lowest BCUT2D eigenvalue weighted by Gasteiger charge is -2.34. The molecule has 8 heteroatoms. The molecular weight excluding hydrogens is 393 g/mol. The van der Waals surface area contributed by atoms with Crippen LogP contribution in [0.15, 0.2) is 47.1 Å². The molecule has 0 atom stereocenters. The normalized spacial score (nSPS) is 14.3. The molecule has 1 aliphatic heterocycles. The third-order valence-electron chi connectivity index (χ3n) is 4.92. The third kappa shape index (κ3) is 4.22. The van der Waals surface area contributed by atoms with Crippen LogP contribution >= 0.6 is 11.3 Å². The molecular formula is C21H20FN3O3S. The van der Waals surface area contributed by atoms with Crippen molar-refractivity contribution in [3.63, 3.8) is 0 Å². The van der Waals surface area contributed by atoms with Crippen molar-refractivity contribution in [3.8, 4) is 10.8 Å². The molecule has 2 amide bonds. The number of carbonyl (C=O) groups excluding carboxylic acids is 2. The third-order valence-corrected chi connectivity index (χ3v) is 5.90. The number of hydrogen-bond donors (Lipinski definition) is 0. The summed E-state index contributed by atoms with van der Waals surface area (Å²) in [6, 6.07) is 9.55. The Morgan fingerprint density at radius 3 is 2.45 bits per heavy atom. The summed E-state index contributed by atoms with van der Waals surface area (Å²) in [5, 5.41) is 0.684. The number of hydrogen-bond acceptors (Lipinski definition) is 5. The molecule has 0 radical (unpaired) electrons. The number of benzene rings is 1. The second-order valence-electron chi connectivity index (χ2n) is 6.88. The van der Waals surface area contributed by atoms with E-state index in [1.165, 1.54) is 23.5 Å². The Hall–Kier alpha value is -3.00. The van der Waals surface area contributed by atoms with Crippen molar-refractivity contribution in [2.24, 2.45) is 0 Å². The van der Waals surface area contributed by atoms with Crippen LogP contribution in [0.4, 0.5) is 4.39 Å². The van der Waals surface area contributed by atoms with Crippen molar-refractivity contribution in [2.45, 2.75) is 13.3 Å². The van der Waals surface area contributed by atoms with Crippen LogP contribution in [0, 0.1) is 12.7 Å². The first-order valence-corrected chi connectivity index (χ1v) is 10.2. The van der Waals surface area contributed by atoms with Gasteiger partial charge in [-0.05, 0) is 36.8 Å². The van der Waals surface area contributed by atoms with Crippen LogP contribution in [0.1, 0.15) is 20.9 Å². The van der Waals surface area contributed by atoms with E-state index in [1.54, 1.807) is 34.3 Å². The second kappa shape index (κ2) is 8.16. The number of aryl methyl sites for hydroxylation is 1. The molecule has 1 aromatic carbocycles. The van der Waals surface area contributed by atoms with Gasteiger partial charge in [0, 0.05) is 31.1 Å². The Kier molecular flexibility index (Phi) is 5.44. The predicted molar refractivity (Wildman–Crippen MR) is 107 cm³/mol. The maximum Gasteiger partial charge on any atom is 0.273 e. The van der Waals surface area contributed by atoms with Gasteiger partial charge in [0.1, 0.15) is 11.5 Å². The van der Waals surface area contributed by atoms with Gasteiger partial charge in [0.05, 0.1) is 12.7 Å². The molecule has 0 spiro atoms. The van der Waals surface area contributed by atoms with Crippen molar-refractivity contribution in [2.75, 3.05) is 26.2 Å². The van der Waals surface area contributed by atoms with Gasteiger partial charge in [0.15, 0.2) is 10.8 Å². The number of halogens is 1. The van der Waals surface area contributed by atoms with Crippen LogP contribution in [0.2, 0.25) is 0 Å². The van der Waals surface area contributed by atoms with E-state index in [9.17, 15) is 14.0 Å². The van der Waals surface area contributed by atoms with E-state index in [4.69, 9.17) is 4.42 Å². The molecule has 6 nitrogen and oxygen atoms in total. The summed E-state index contributed by atoms with van der Waals surface area (Å²) >= 11 is 1.43. The summed E-state index contributed by atoms with van der Waals surface area (Å²) in [6.07, 6.45) is 1.81. The highest BCUT2D eigenvalue weighted by Gasteiger charge is 2.27. The Labute approximate surface area is 171 Å². The molecule has 29 heavy (non-hydrogen) atoms. The number of thiazole rings is 1. The number of carbonyl (C=O) groups is 2. The summed E-state index contributed by atoms with van der Waals surface area (Å²) in [7, 11) is 0. The lowest BCUT2D eigenvalue weighted by molar-refractivity contribution is -0.131. The molecule has 4 rings (SSSR count). The van der Waals surface area contributed by atoms with E-state index in [0.29, 0.717) is 42.6 Å². The molecule has 1 fully saturated rings. The fourth-order valence-corrected chi connectivity index (χ4v) is 4.17. The summed E-state index contributed by atoms with van der Waals surface area (Å²) in [5.74, 6) is 0.185. The van der Waals surface area contributed by atoms with Gasteiger partial charge in [0.25, 0.3) is 5.91 Å². The first-order valence-electron chi connectivity index (χ1n) is 9.34. The standard InChI is InChI=1S/C21H20FN3O3S/c1-14-19(23-20(29-14)17-3-2-12-28-17)21(27)25-10-8-24(9-11-25)18(26)13-15-4-6-16(22)7-5-15/h2-7,12H,8-11,13H2,1H3. The molecule has 1 aliphatic rings. The predicted octanol–water partition coefficient (Wildman–Crippen LogP) is 3.38. The SMILES string of the molecule is Cc1sc(-c2ccco2)nc1C(=O)N1CCN(C(=O)Cc2ccc(F)cc2)CC1. The zero-order valence-corrected chi connectivity index (χ0v) is 16.7. The van der Waals surface area contributed by atoms with Gasteiger partial charge in [0.2, 0.25) is 5.91 Å². The highest BCUT2D eigenvalue weighted by Crippen LogP contribution is 2.28. The number of aromatic nitrogens is 1. The highest BCUT2D eigenvalue weighted by molar-refractivity contribution is 7.15. The molecule has 3 aromatic rings. The lowest BCUT2D eigenvalue weighted by atomic mass is 10.1. The minimum atomic E-state index is -0.319. The minimum Gasteiger partial charge on any atom is -0.462 e. The van der Waals surface area contributed by atoms with Crippen molar-refractivity contribution in [3.05, 3.63) is 64.6 Å². The van der Waals surface area contributed by atoms with Gasteiger partial charge < -0.3 is 14.2 Å². The molecule has 2 aromatic heterocycles. The second-order valence-corrected chi connectivity index (χ2v) is 8.08. The zero-order chi connectivity index (χ0) is 20.4. The molecule has 0 N–H and O–H groups in total. The van der Waals surface area contributed by atoms with Gasteiger partial charge in [-0.1, -0.05) is 12.1 Å². The summed E-state index contributed by atoms with van der Waals surface area (Å²) in [4.78, 5) is 34.2. The van der Waals surface area contributed by atoms with Crippen LogP contribution in [0.5, 0.6) is 0 Å². The Morgan fingerprint density at radius 1 is 1.10 bits per heavy atom. The summed E-state index contributed by atoms with van der Waals surface area (Å²) < 4.78 is 18.4. The van der Waals surface area contributed by atoms with E-state index < -0.39 is 0 Å². The lowest BCUT2D eigenvalue weighted by Crippen LogP contribution is -2.51. The van der Waals surface area contributed by atoms with E-state index in [0.717, 1.165) is 10.4 Å². The molecule has 0 bridgehead atoms. The minimum absolute atomic E-state index is 0.0198. The monoisotopic (exact) mass is 413 g/mol. The van der Waals surface area contributed by atoms with Crippen LogP contribution in [-0.2, 0) is 11.2 Å². The van der Waals surface area contributed by atoms with Gasteiger partial charge in [-0.25, -0.2) is 9.37 Å². The zero-order valence-electron chi connectivity index (χ0n) is 15.9. The van der Waals surface area contributed by atoms with Gasteiger partial charge in [-0.2, -0.15) is 0 Å². The fraction of sp³-hybridized carbons (Fsp3) is 0.286. The van der Waals surface area contributed by atoms with E-state index in [1.807, 2.05) is 13.0 Å². The van der Waals surface area contributed by atoms with Crippen molar-refractivity contribution >= 4 is 23.2 Å². The van der Waals surface area contributed by atoms with Gasteiger partial charge in [-0.15, -0.1) is 11.3 Å². The molecule has 0 unspecified atom stereocenters. The average molecular weight is 413 g/mol. The van der Waals surface area contributed by atoms with E-state index in [-0.39, 0.29) is 24.1 Å². The van der Waals surface area contributed by atoms with Crippen molar-refractivity contribution < 1.29 is 18.4 Å². The van der Waals surface area contributed by atoms with E-state index in [2.05, 4.69) is 4.98 Å². The Morgan fingerprint density at radius 2 is 1.79 bits per heavy atom. The Bertz CT molecular complexity index is 1010. The molecule has 3 heterocycles. The number of piperazine rings is 1. The average Bonchev–Trinajstić information content (AvgIpc) is 3.39. The van der Waals surface area contributed by atoms with Gasteiger partial charge >= 0.3 is 0 Å². The first kappa shape index (κ1) is 19.3. The largest absolute Gasteiger partial charge is 0.462 e. The fourth-order valence-electron chi connectivity index (χ4n) is 3.30. The summed E-state index contributed by atoms with van der Waals surface area (Å²) in [5.41, 5.74) is 1.21. The number of rotatable bonds is 4. The molecule has 0 saturated carbocycles. The van der Waals surface area contributed by atoms with Gasteiger partial charge in [-0.3, -0.25) is 9.59 Å². The van der Waals surface area contributed by atoms with Crippen LogP contribution in [0.25, 0.3) is 10.8 Å². The van der Waals surface area contributed by atoms with E-state index >= 15 is 0 Å². The number of nitrogens with zero attached hydrogens (tertiary/aromatic N) is 3. The molecule has 150 valence electrons. The van der Waals surface area contributed by atoms with Crippen LogP contribution < -0.4 is 0 Å². The molecule has 0 aliphatic carbocycles. The maximum atomic E-state index is 13.0. The first-order chi connectivity index (χ1) is 14.0. The molecule has 1 saturated heterocycles.